The van der Waals surface area contributed by atoms with E-state index >= 15 is 0 Å². The highest BCUT2D eigenvalue weighted by Gasteiger charge is 2.55. The van der Waals surface area contributed by atoms with Gasteiger partial charge in [-0.1, -0.05) is 69.3 Å². The normalized spacial score (nSPS) is 25.6. The summed E-state index contributed by atoms with van der Waals surface area (Å²) in [6, 6.07) is 17.5. The second-order valence-electron chi connectivity index (χ2n) is 11.9. The summed E-state index contributed by atoms with van der Waals surface area (Å²) < 4.78 is 24.7. The number of carbonyl (C=O) groups excluding carboxylic acids is 1. The van der Waals surface area contributed by atoms with Crippen molar-refractivity contribution in [3.63, 3.8) is 0 Å². The number of benzene rings is 2. The van der Waals surface area contributed by atoms with Crippen molar-refractivity contribution in [2.75, 3.05) is 7.11 Å². The van der Waals surface area contributed by atoms with Crippen LogP contribution in [0.1, 0.15) is 64.2 Å². The van der Waals surface area contributed by atoms with E-state index in [0.717, 1.165) is 41.4 Å². The topological polar surface area (TPSA) is 69.9 Å². The number of methoxy groups -OCH3 is 1. The maximum absolute atomic E-state index is 13.5. The van der Waals surface area contributed by atoms with Crippen LogP contribution in [-0.4, -0.2) is 37.8 Å². The zero-order valence-electron chi connectivity index (χ0n) is 22.5. The van der Waals surface area contributed by atoms with Gasteiger partial charge in [0, 0.05) is 12.5 Å². The number of fused-ring (bicyclic) bond motifs is 2. The first-order chi connectivity index (χ1) is 17.7. The van der Waals surface area contributed by atoms with E-state index in [1.54, 1.807) is 13.4 Å². The summed E-state index contributed by atoms with van der Waals surface area (Å²) in [6.07, 6.45) is 4.55. The van der Waals surface area contributed by atoms with E-state index in [9.17, 15) is 4.79 Å². The molecule has 3 aromatic rings. The van der Waals surface area contributed by atoms with Crippen LogP contribution in [0, 0.1) is 11.3 Å². The highest BCUT2D eigenvalue weighted by atomic mass is 16.7. The molecule has 5 atom stereocenters. The van der Waals surface area contributed by atoms with Crippen LogP contribution < -0.4 is 5.32 Å². The van der Waals surface area contributed by atoms with Crippen LogP contribution in [0.5, 0.6) is 0 Å². The molecular weight excluding hydrogens is 465 g/mol. The van der Waals surface area contributed by atoms with Gasteiger partial charge < -0.3 is 23.8 Å². The van der Waals surface area contributed by atoms with Crippen LogP contribution in [0.3, 0.4) is 0 Å². The Kier molecular flexibility index (Phi) is 7.23. The number of hydrogen-bond acceptors (Lipinski definition) is 5. The standard InChI is InChI=1S/C30H38BNO5/c1-29(2,3)22-15-16-30(4)25(18-22)36-31(37-30)26(17-21-19-35-24-14-10-9-13-23(21)24)32-28(33)27(34-5)20-11-7-6-8-12-20/h6-14,19,22,25-27H,15-18H2,1-5H3,(H,32,33)/t22-,25?,26?,27?,30-/m0/s1. The number of para-hydroxylation sites is 1. The maximum Gasteiger partial charge on any atom is 0.482 e. The lowest BCUT2D eigenvalue weighted by Gasteiger charge is -2.43. The minimum absolute atomic E-state index is 0.0108. The summed E-state index contributed by atoms with van der Waals surface area (Å²) in [6.45, 7) is 9.06. The van der Waals surface area contributed by atoms with Gasteiger partial charge in [-0.05, 0) is 61.1 Å². The lowest BCUT2D eigenvalue weighted by molar-refractivity contribution is -0.131. The van der Waals surface area contributed by atoms with Gasteiger partial charge in [0.05, 0.1) is 23.9 Å². The van der Waals surface area contributed by atoms with Gasteiger partial charge in [0.15, 0.2) is 6.10 Å². The fraction of sp³-hybridized carbons (Fsp3) is 0.500. The number of nitrogens with one attached hydrogen (secondary N) is 1. The van der Waals surface area contributed by atoms with Crippen molar-refractivity contribution in [2.45, 2.75) is 77.1 Å². The molecule has 0 radical (unpaired) electrons. The zero-order valence-corrected chi connectivity index (χ0v) is 22.5. The Hall–Kier alpha value is -2.61. The van der Waals surface area contributed by atoms with Gasteiger partial charge >= 0.3 is 7.12 Å². The molecule has 1 saturated heterocycles. The average molecular weight is 503 g/mol. The molecule has 2 aromatic carbocycles. The van der Waals surface area contributed by atoms with Gasteiger partial charge in [0.2, 0.25) is 0 Å². The molecule has 6 nitrogen and oxygen atoms in total. The van der Waals surface area contributed by atoms with Crippen molar-refractivity contribution in [1.29, 1.82) is 0 Å². The molecule has 2 aliphatic rings. The smallest absolute Gasteiger partial charge is 0.464 e. The maximum atomic E-state index is 13.5. The first kappa shape index (κ1) is 26.0. The van der Waals surface area contributed by atoms with Crippen LogP contribution in [0.15, 0.2) is 65.3 Å². The molecule has 2 heterocycles. The summed E-state index contributed by atoms with van der Waals surface area (Å²) in [4.78, 5) is 13.5. The van der Waals surface area contributed by atoms with Crippen LogP contribution >= 0.6 is 0 Å². The van der Waals surface area contributed by atoms with Crippen molar-refractivity contribution in [1.82, 2.24) is 5.32 Å². The van der Waals surface area contributed by atoms with E-state index in [1.165, 1.54) is 0 Å². The number of hydrogen-bond donors (Lipinski definition) is 1. The molecule has 1 aromatic heterocycles. The van der Waals surface area contributed by atoms with E-state index in [1.807, 2.05) is 54.6 Å². The molecule has 2 fully saturated rings. The predicted molar refractivity (Wildman–Crippen MR) is 145 cm³/mol. The molecule has 37 heavy (non-hydrogen) atoms. The summed E-state index contributed by atoms with van der Waals surface area (Å²) in [5, 5.41) is 4.25. The summed E-state index contributed by atoms with van der Waals surface area (Å²) in [5.74, 6) is -0.0635. The van der Waals surface area contributed by atoms with Crippen molar-refractivity contribution in [3.8, 4) is 0 Å². The number of amides is 1. The van der Waals surface area contributed by atoms with E-state index in [0.29, 0.717) is 12.3 Å². The second-order valence-corrected chi connectivity index (χ2v) is 11.9. The first-order valence-electron chi connectivity index (χ1n) is 13.3. The predicted octanol–water partition coefficient (Wildman–Crippen LogP) is 5.90. The van der Waals surface area contributed by atoms with E-state index in [4.69, 9.17) is 18.5 Å². The molecule has 1 aliphatic carbocycles. The number of carbonyl (C=O) groups is 1. The molecule has 0 spiro atoms. The third kappa shape index (κ3) is 5.36. The third-order valence-corrected chi connectivity index (χ3v) is 8.31. The highest BCUT2D eigenvalue weighted by molar-refractivity contribution is 6.48. The minimum atomic E-state index is -0.727. The van der Waals surface area contributed by atoms with E-state index in [-0.39, 0.29) is 23.0 Å². The van der Waals surface area contributed by atoms with Gasteiger partial charge in [0.1, 0.15) is 5.58 Å². The van der Waals surface area contributed by atoms with E-state index < -0.39 is 19.2 Å². The molecule has 7 heteroatoms. The minimum Gasteiger partial charge on any atom is -0.464 e. The lowest BCUT2D eigenvalue weighted by atomic mass is 9.67. The molecular formula is C30H38BNO5. The fourth-order valence-corrected chi connectivity index (χ4v) is 5.92. The summed E-state index contributed by atoms with van der Waals surface area (Å²) >= 11 is 0. The highest BCUT2D eigenvalue weighted by Crippen LogP contribution is 2.47. The van der Waals surface area contributed by atoms with Gasteiger partial charge in [-0.25, -0.2) is 0 Å². The largest absolute Gasteiger partial charge is 0.482 e. The van der Waals surface area contributed by atoms with Gasteiger partial charge in [-0.15, -0.1) is 0 Å². The fourth-order valence-electron chi connectivity index (χ4n) is 5.92. The number of rotatable bonds is 7. The van der Waals surface area contributed by atoms with Crippen molar-refractivity contribution in [2.24, 2.45) is 11.3 Å². The molecule has 5 rings (SSSR count). The van der Waals surface area contributed by atoms with Crippen LogP contribution in [-0.2, 0) is 25.3 Å². The molecule has 1 amide bonds. The van der Waals surface area contributed by atoms with Crippen LogP contribution in [0.25, 0.3) is 11.0 Å². The van der Waals surface area contributed by atoms with E-state index in [2.05, 4.69) is 33.0 Å². The van der Waals surface area contributed by atoms with Gasteiger partial charge in [-0.3, -0.25) is 4.79 Å². The number of ether oxygens (including phenoxy) is 1. The summed E-state index contributed by atoms with van der Waals surface area (Å²) in [7, 11) is 0.986. The Bertz CT molecular complexity index is 1220. The van der Waals surface area contributed by atoms with Gasteiger partial charge in [0.25, 0.3) is 5.91 Å². The molecule has 1 N–H and O–H groups in total. The Balaban J connectivity index is 1.41. The second kappa shape index (κ2) is 10.3. The van der Waals surface area contributed by atoms with Crippen LogP contribution in [0.4, 0.5) is 0 Å². The quantitative estimate of drug-likeness (QED) is 0.407. The molecule has 3 unspecified atom stereocenters. The molecule has 0 bridgehead atoms. The van der Waals surface area contributed by atoms with Gasteiger partial charge in [-0.2, -0.15) is 0 Å². The lowest BCUT2D eigenvalue weighted by Crippen LogP contribution is -2.51. The summed E-state index contributed by atoms with van der Waals surface area (Å²) in [5.41, 5.74) is 2.48. The molecule has 196 valence electrons. The average Bonchev–Trinajstić information content (AvgIpc) is 3.44. The zero-order chi connectivity index (χ0) is 26.2. The van der Waals surface area contributed by atoms with Crippen molar-refractivity contribution >= 4 is 24.0 Å². The Labute approximate surface area is 220 Å². The first-order valence-corrected chi connectivity index (χ1v) is 13.3. The van der Waals surface area contributed by atoms with Crippen LogP contribution in [0.2, 0.25) is 0 Å². The monoisotopic (exact) mass is 503 g/mol. The van der Waals surface area contributed by atoms with Crippen molar-refractivity contribution < 1.29 is 23.3 Å². The Morgan fingerprint density at radius 1 is 1.16 bits per heavy atom. The Morgan fingerprint density at radius 2 is 1.89 bits per heavy atom. The molecule has 1 aliphatic heterocycles. The molecule has 1 saturated carbocycles. The van der Waals surface area contributed by atoms with Crippen molar-refractivity contribution in [3.05, 3.63) is 72.0 Å². The number of furan rings is 1. The Morgan fingerprint density at radius 3 is 2.62 bits per heavy atom. The third-order valence-electron chi connectivity index (χ3n) is 8.31. The SMILES string of the molecule is COC(C(=O)NC(Cc1coc2ccccc12)B1OC2C[C@@H](C(C)(C)C)CC[C@]2(C)O1)c1ccccc1.